The normalized spacial score (nSPS) is 14.8. The first-order chi connectivity index (χ1) is 10.2. The minimum absolute atomic E-state index is 0.132. The molecule has 1 N–H and O–H groups in total. The van der Waals surface area contributed by atoms with E-state index < -0.39 is 0 Å². The summed E-state index contributed by atoms with van der Waals surface area (Å²) < 4.78 is 0. The fourth-order valence-corrected chi connectivity index (χ4v) is 2.20. The summed E-state index contributed by atoms with van der Waals surface area (Å²) in [4.78, 5) is 13.3. The molecule has 0 bridgehead atoms. The van der Waals surface area contributed by atoms with Crippen molar-refractivity contribution < 1.29 is 4.79 Å². The second kappa shape index (κ2) is 8.22. The first kappa shape index (κ1) is 15.3. The van der Waals surface area contributed by atoms with E-state index >= 15 is 0 Å². The van der Waals surface area contributed by atoms with E-state index in [-0.39, 0.29) is 5.91 Å². The van der Waals surface area contributed by atoms with Crippen LogP contribution in [0.2, 0.25) is 0 Å². The van der Waals surface area contributed by atoms with Crippen molar-refractivity contribution in [2.45, 2.75) is 13.5 Å². The number of amides is 1. The fourth-order valence-electron chi connectivity index (χ4n) is 2.20. The highest BCUT2D eigenvalue weighted by atomic mass is 16.2. The molecular weight excluding hydrogens is 260 g/mol. The molecule has 1 heterocycles. The Bertz CT molecular complexity index is 540. The van der Waals surface area contributed by atoms with E-state index in [2.05, 4.69) is 41.4 Å². The number of benzene rings is 2. The van der Waals surface area contributed by atoms with E-state index in [1.807, 2.05) is 36.4 Å². The van der Waals surface area contributed by atoms with Crippen LogP contribution in [-0.2, 0) is 11.3 Å². The summed E-state index contributed by atoms with van der Waals surface area (Å²) in [6.45, 7) is 5.19. The van der Waals surface area contributed by atoms with Gasteiger partial charge >= 0.3 is 0 Å². The number of aryl methyl sites for hydroxylation is 1. The summed E-state index contributed by atoms with van der Waals surface area (Å²) in [6, 6.07) is 20.5. The molecule has 0 saturated carbocycles. The van der Waals surface area contributed by atoms with Crippen LogP contribution in [0.3, 0.4) is 0 Å². The number of hydrogen-bond donors (Lipinski definition) is 1. The van der Waals surface area contributed by atoms with E-state index in [1.165, 1.54) is 11.1 Å². The van der Waals surface area contributed by atoms with Gasteiger partial charge in [0.1, 0.15) is 0 Å². The van der Waals surface area contributed by atoms with E-state index in [1.54, 1.807) is 0 Å². The highest BCUT2D eigenvalue weighted by molar-refractivity contribution is 5.78. The summed E-state index contributed by atoms with van der Waals surface area (Å²) in [5.41, 5.74) is 2.59. The molecule has 1 saturated heterocycles. The van der Waals surface area contributed by atoms with Crippen molar-refractivity contribution >= 4 is 5.91 Å². The van der Waals surface area contributed by atoms with Crippen molar-refractivity contribution in [1.82, 2.24) is 10.2 Å². The molecule has 0 atom stereocenters. The van der Waals surface area contributed by atoms with Crippen LogP contribution in [0.4, 0.5) is 0 Å². The van der Waals surface area contributed by atoms with E-state index in [4.69, 9.17) is 0 Å². The minimum Gasteiger partial charge on any atom is -0.354 e. The van der Waals surface area contributed by atoms with Crippen molar-refractivity contribution in [2.24, 2.45) is 0 Å². The van der Waals surface area contributed by atoms with Crippen LogP contribution in [0.15, 0.2) is 60.7 Å². The smallest absolute Gasteiger partial charge is 0.234 e. The van der Waals surface area contributed by atoms with Crippen LogP contribution >= 0.6 is 0 Å². The summed E-state index contributed by atoms with van der Waals surface area (Å²) >= 11 is 0. The lowest BCUT2D eigenvalue weighted by molar-refractivity contribution is -0.124. The van der Waals surface area contributed by atoms with Gasteiger partial charge in [0, 0.05) is 19.6 Å². The predicted molar refractivity (Wildman–Crippen MR) is 85.9 cm³/mol. The standard InChI is InChI=1S/C11H14N2O.C7H8/c14-11-9-13(7-6-12-11)8-10-4-2-1-3-5-10;1-7-5-3-2-4-6-7/h1-5H,6-9H2,(H,12,14);2-6H,1H3. The monoisotopic (exact) mass is 282 g/mol. The molecule has 2 aromatic rings. The maximum absolute atomic E-state index is 11.1. The lowest BCUT2D eigenvalue weighted by atomic mass is 10.2. The van der Waals surface area contributed by atoms with Gasteiger partial charge in [0.2, 0.25) is 5.91 Å². The molecule has 1 aliphatic heterocycles. The van der Waals surface area contributed by atoms with Gasteiger partial charge in [-0.25, -0.2) is 0 Å². The van der Waals surface area contributed by atoms with Crippen molar-refractivity contribution in [3.63, 3.8) is 0 Å². The number of hydrogen-bond acceptors (Lipinski definition) is 2. The van der Waals surface area contributed by atoms with Gasteiger partial charge in [0.05, 0.1) is 6.54 Å². The Balaban J connectivity index is 0.000000194. The van der Waals surface area contributed by atoms with Crippen molar-refractivity contribution in [3.05, 3.63) is 71.8 Å². The van der Waals surface area contributed by atoms with E-state index in [0.717, 1.165) is 19.6 Å². The Morgan fingerprint density at radius 3 is 2.14 bits per heavy atom. The molecule has 3 rings (SSSR count). The van der Waals surface area contributed by atoms with Crippen LogP contribution in [0.1, 0.15) is 11.1 Å². The van der Waals surface area contributed by atoms with Crippen LogP contribution in [0.25, 0.3) is 0 Å². The van der Waals surface area contributed by atoms with Crippen LogP contribution in [0.5, 0.6) is 0 Å². The van der Waals surface area contributed by atoms with Crippen molar-refractivity contribution in [1.29, 1.82) is 0 Å². The summed E-state index contributed by atoms with van der Waals surface area (Å²) in [5, 5.41) is 2.82. The Morgan fingerprint density at radius 1 is 1.00 bits per heavy atom. The molecule has 21 heavy (non-hydrogen) atoms. The largest absolute Gasteiger partial charge is 0.354 e. The zero-order valence-corrected chi connectivity index (χ0v) is 12.5. The molecule has 110 valence electrons. The molecule has 3 nitrogen and oxygen atoms in total. The van der Waals surface area contributed by atoms with Gasteiger partial charge in [-0.1, -0.05) is 66.2 Å². The molecule has 1 aliphatic rings. The van der Waals surface area contributed by atoms with E-state index in [0.29, 0.717) is 6.54 Å². The Morgan fingerprint density at radius 2 is 1.62 bits per heavy atom. The van der Waals surface area contributed by atoms with Gasteiger partial charge in [-0.2, -0.15) is 0 Å². The minimum atomic E-state index is 0.132. The molecule has 1 fully saturated rings. The lowest BCUT2D eigenvalue weighted by Gasteiger charge is -2.26. The predicted octanol–water partition coefficient (Wildman–Crippen LogP) is 2.61. The number of carbonyl (C=O) groups excluding carboxylic acids is 1. The Kier molecular flexibility index (Phi) is 5.98. The average Bonchev–Trinajstić information content (AvgIpc) is 2.50. The summed E-state index contributed by atoms with van der Waals surface area (Å²) in [7, 11) is 0. The molecule has 0 unspecified atom stereocenters. The molecule has 3 heteroatoms. The van der Waals surface area contributed by atoms with Crippen molar-refractivity contribution in [2.75, 3.05) is 19.6 Å². The highest BCUT2D eigenvalue weighted by Crippen LogP contribution is 2.04. The Labute approximate surface area is 126 Å². The topological polar surface area (TPSA) is 32.3 Å². The molecule has 0 spiro atoms. The van der Waals surface area contributed by atoms with Crippen LogP contribution in [-0.4, -0.2) is 30.4 Å². The number of carbonyl (C=O) groups is 1. The summed E-state index contributed by atoms with van der Waals surface area (Å²) in [5.74, 6) is 0.132. The highest BCUT2D eigenvalue weighted by Gasteiger charge is 2.15. The molecule has 0 aliphatic carbocycles. The van der Waals surface area contributed by atoms with Crippen LogP contribution < -0.4 is 5.32 Å². The fraction of sp³-hybridized carbons (Fsp3) is 0.278. The zero-order chi connectivity index (χ0) is 14.9. The second-order valence-corrected chi connectivity index (χ2v) is 5.20. The average molecular weight is 282 g/mol. The van der Waals surface area contributed by atoms with Crippen molar-refractivity contribution in [3.8, 4) is 0 Å². The van der Waals surface area contributed by atoms with Gasteiger partial charge in [0.25, 0.3) is 0 Å². The molecule has 1 amide bonds. The summed E-state index contributed by atoms with van der Waals surface area (Å²) in [6.07, 6.45) is 0. The third-order valence-electron chi connectivity index (χ3n) is 3.31. The molecular formula is C18H22N2O. The first-order valence-corrected chi connectivity index (χ1v) is 7.28. The Hall–Kier alpha value is -2.13. The second-order valence-electron chi connectivity index (χ2n) is 5.20. The van der Waals surface area contributed by atoms with Gasteiger partial charge in [-0.05, 0) is 12.5 Å². The lowest BCUT2D eigenvalue weighted by Crippen LogP contribution is -2.47. The first-order valence-electron chi connectivity index (χ1n) is 7.28. The van der Waals surface area contributed by atoms with Crippen LogP contribution in [0, 0.1) is 6.92 Å². The molecule has 0 radical (unpaired) electrons. The number of rotatable bonds is 2. The third-order valence-corrected chi connectivity index (χ3v) is 3.31. The molecule has 0 aromatic heterocycles. The maximum Gasteiger partial charge on any atom is 0.234 e. The van der Waals surface area contributed by atoms with Gasteiger partial charge < -0.3 is 5.32 Å². The SMILES string of the molecule is Cc1ccccc1.O=C1CN(Cc2ccccc2)CCN1. The van der Waals surface area contributed by atoms with Gasteiger partial charge in [0.15, 0.2) is 0 Å². The number of nitrogens with one attached hydrogen (secondary N) is 1. The number of nitrogens with zero attached hydrogens (tertiary/aromatic N) is 1. The number of piperazine rings is 1. The quantitative estimate of drug-likeness (QED) is 0.918. The maximum atomic E-state index is 11.1. The van der Waals surface area contributed by atoms with Gasteiger partial charge in [-0.15, -0.1) is 0 Å². The third kappa shape index (κ3) is 5.79. The zero-order valence-electron chi connectivity index (χ0n) is 12.5. The van der Waals surface area contributed by atoms with E-state index in [9.17, 15) is 4.79 Å². The van der Waals surface area contributed by atoms with Gasteiger partial charge in [-0.3, -0.25) is 9.69 Å². The molecule has 2 aromatic carbocycles.